The van der Waals surface area contributed by atoms with Crippen molar-refractivity contribution in [2.75, 3.05) is 6.61 Å². The van der Waals surface area contributed by atoms with Crippen molar-refractivity contribution in [1.29, 1.82) is 0 Å². The molecule has 0 aromatic heterocycles. The van der Waals surface area contributed by atoms with Crippen LogP contribution in [0.3, 0.4) is 0 Å². The summed E-state index contributed by atoms with van der Waals surface area (Å²) in [7, 11) is 0. The number of hydrogen-bond donors (Lipinski definition) is 6. The normalized spacial score (nSPS) is 38.2. The Morgan fingerprint density at radius 2 is 1.94 bits per heavy atom. The van der Waals surface area contributed by atoms with Gasteiger partial charge in [0.15, 0.2) is 12.3 Å². The Morgan fingerprint density at radius 1 is 1.33 bits per heavy atom. The maximum Gasteiger partial charge on any atom is 0.280 e. The molecule has 0 bridgehead atoms. The van der Waals surface area contributed by atoms with Crippen LogP contribution in [0.15, 0.2) is 0 Å². The number of carbonyl (C=O) groups is 1. The molecule has 0 aromatic carbocycles. The van der Waals surface area contributed by atoms with E-state index in [0.717, 1.165) is 0 Å². The van der Waals surface area contributed by atoms with Gasteiger partial charge in [-0.2, -0.15) is 0 Å². The summed E-state index contributed by atoms with van der Waals surface area (Å²) in [5.41, 5.74) is 3.61. The minimum absolute atomic E-state index is 0.429. The molecule has 1 heterocycles. The van der Waals surface area contributed by atoms with Crippen LogP contribution in [-0.4, -0.2) is 69.6 Å². The highest BCUT2D eigenvalue weighted by molar-refractivity contribution is 5.80. The second kappa shape index (κ2) is 6.41. The fourth-order valence-electron chi connectivity index (χ4n) is 1.66. The Balaban J connectivity index is 2.67. The van der Waals surface area contributed by atoms with Crippen LogP contribution in [0.4, 0.5) is 0 Å². The molecule has 1 aliphatic heterocycles. The van der Waals surface area contributed by atoms with E-state index in [4.69, 9.17) is 9.84 Å². The maximum absolute atomic E-state index is 11.6. The fourth-order valence-corrected chi connectivity index (χ4v) is 1.66. The Labute approximate surface area is 104 Å². The molecule has 8 nitrogen and oxygen atoms in total. The van der Waals surface area contributed by atoms with E-state index in [1.165, 1.54) is 0 Å². The molecule has 3 unspecified atom stereocenters. The number of hydrogen-bond acceptors (Lipinski definition) is 6. The Hall–Kier alpha value is -0.770. The van der Waals surface area contributed by atoms with Gasteiger partial charge in [-0.3, -0.25) is 4.79 Å². The number of quaternary nitrogens is 1. The van der Waals surface area contributed by atoms with Crippen LogP contribution in [0, 0.1) is 0 Å². The van der Waals surface area contributed by atoms with Crippen molar-refractivity contribution in [1.82, 2.24) is 5.32 Å². The molecule has 106 valence electrons. The molecule has 0 aromatic rings. The van der Waals surface area contributed by atoms with Gasteiger partial charge in [-0.05, 0) is 0 Å². The predicted octanol–water partition coefficient (Wildman–Crippen LogP) is -4.08. The van der Waals surface area contributed by atoms with Crippen molar-refractivity contribution in [2.45, 2.75) is 50.0 Å². The van der Waals surface area contributed by atoms with Crippen LogP contribution in [0.5, 0.6) is 0 Å². The molecule has 0 saturated carbocycles. The number of aliphatic hydroxyl groups is 4. The summed E-state index contributed by atoms with van der Waals surface area (Å²) < 4.78 is 5.13. The molecule has 8 heteroatoms. The maximum atomic E-state index is 11.6. The number of rotatable bonds is 4. The third-order valence-electron chi connectivity index (χ3n) is 3.04. The van der Waals surface area contributed by atoms with Gasteiger partial charge < -0.3 is 36.2 Å². The second-order valence-corrected chi connectivity index (χ2v) is 4.36. The summed E-state index contributed by atoms with van der Waals surface area (Å²) in [5, 5.41) is 40.1. The lowest BCUT2D eigenvalue weighted by Crippen LogP contribution is -2.70. The van der Waals surface area contributed by atoms with E-state index in [9.17, 15) is 20.1 Å². The highest BCUT2D eigenvalue weighted by atomic mass is 16.6. The van der Waals surface area contributed by atoms with E-state index in [0.29, 0.717) is 6.42 Å². The third-order valence-corrected chi connectivity index (χ3v) is 3.04. The third kappa shape index (κ3) is 3.16. The van der Waals surface area contributed by atoms with E-state index >= 15 is 0 Å². The van der Waals surface area contributed by atoms with Gasteiger partial charge in [-0.25, -0.2) is 0 Å². The molecule has 0 radical (unpaired) electrons. The number of ether oxygens (including phenoxy) is 1. The molecule has 0 aliphatic carbocycles. The molecule has 1 aliphatic rings. The average molecular weight is 265 g/mol. The molecule has 1 amide bonds. The van der Waals surface area contributed by atoms with Crippen molar-refractivity contribution < 1.29 is 35.7 Å². The summed E-state index contributed by atoms with van der Waals surface area (Å²) in [6.07, 6.45) is -6.08. The second-order valence-electron chi connectivity index (χ2n) is 4.36. The minimum Gasteiger partial charge on any atom is -0.394 e. The van der Waals surface area contributed by atoms with E-state index in [2.05, 4.69) is 11.1 Å². The standard InChI is InChI=1S/C10H20N2O6/c1-2-4(11)9(17)12-10-8(16)7(15)6(14)5(3-13)18-10/h4-8,10,13-16H,2-3,11H2,1H3,(H,12,17)/p+1/t4?,5?,6-,7+,8?,10-/m1/s1. The molecule has 1 rings (SSSR count). The first kappa shape index (κ1) is 15.3. The SMILES string of the molecule is CCC([NH3+])C(=O)N[C@@H]1OC(CO)[C@@H](O)[C@H](O)C1O. The quantitative estimate of drug-likeness (QED) is 0.305. The number of aliphatic hydroxyl groups excluding tert-OH is 4. The van der Waals surface area contributed by atoms with Gasteiger partial charge in [-0.1, -0.05) is 6.92 Å². The molecular formula is C10H21N2O6+. The lowest BCUT2D eigenvalue weighted by molar-refractivity contribution is -0.404. The summed E-state index contributed by atoms with van der Waals surface area (Å²) >= 11 is 0. The van der Waals surface area contributed by atoms with Crippen molar-refractivity contribution in [3.05, 3.63) is 0 Å². The van der Waals surface area contributed by atoms with Gasteiger partial charge in [0.05, 0.1) is 6.61 Å². The predicted molar refractivity (Wildman–Crippen MR) is 58.9 cm³/mol. The Bertz CT molecular complexity index is 288. The lowest BCUT2D eigenvalue weighted by atomic mass is 9.98. The monoisotopic (exact) mass is 265 g/mol. The molecular weight excluding hydrogens is 244 g/mol. The number of amides is 1. The van der Waals surface area contributed by atoms with Crippen molar-refractivity contribution in [2.24, 2.45) is 0 Å². The molecule has 1 fully saturated rings. The molecule has 8 N–H and O–H groups in total. The van der Waals surface area contributed by atoms with Crippen LogP contribution in [0.1, 0.15) is 13.3 Å². The zero-order valence-electron chi connectivity index (χ0n) is 10.2. The van der Waals surface area contributed by atoms with E-state index in [-0.39, 0.29) is 0 Å². The van der Waals surface area contributed by atoms with Crippen LogP contribution in [0.25, 0.3) is 0 Å². The topological polar surface area (TPSA) is 147 Å². The first-order valence-corrected chi connectivity index (χ1v) is 5.86. The van der Waals surface area contributed by atoms with Crippen molar-refractivity contribution in [3.63, 3.8) is 0 Å². The van der Waals surface area contributed by atoms with Gasteiger partial charge in [0.1, 0.15) is 24.4 Å². The lowest BCUT2D eigenvalue weighted by Gasteiger charge is -2.40. The average Bonchev–Trinajstić information content (AvgIpc) is 2.38. The summed E-state index contributed by atoms with van der Waals surface area (Å²) in [6.45, 7) is 1.25. The van der Waals surface area contributed by atoms with Gasteiger partial charge >= 0.3 is 0 Å². The molecule has 18 heavy (non-hydrogen) atoms. The summed E-state index contributed by atoms with van der Waals surface area (Å²) in [4.78, 5) is 11.6. The zero-order chi connectivity index (χ0) is 13.9. The highest BCUT2D eigenvalue weighted by Gasteiger charge is 2.44. The molecule has 1 saturated heterocycles. The summed E-state index contributed by atoms with van der Waals surface area (Å²) in [6, 6.07) is -0.502. The van der Waals surface area contributed by atoms with Crippen molar-refractivity contribution >= 4 is 5.91 Å². The molecule has 0 spiro atoms. The van der Waals surface area contributed by atoms with Gasteiger partial charge in [0.25, 0.3) is 5.91 Å². The van der Waals surface area contributed by atoms with Gasteiger partial charge in [0, 0.05) is 6.42 Å². The number of nitrogens with one attached hydrogen (secondary N) is 1. The van der Waals surface area contributed by atoms with E-state index < -0.39 is 49.2 Å². The highest BCUT2D eigenvalue weighted by Crippen LogP contribution is 2.19. The first-order valence-electron chi connectivity index (χ1n) is 5.86. The van der Waals surface area contributed by atoms with E-state index in [1.807, 2.05) is 0 Å². The van der Waals surface area contributed by atoms with Crippen LogP contribution < -0.4 is 11.1 Å². The summed E-state index contributed by atoms with van der Waals surface area (Å²) in [5.74, 6) is -0.429. The van der Waals surface area contributed by atoms with Gasteiger partial charge in [0.2, 0.25) is 0 Å². The van der Waals surface area contributed by atoms with Crippen molar-refractivity contribution in [3.8, 4) is 0 Å². The first-order chi connectivity index (χ1) is 8.42. The molecule has 6 atom stereocenters. The fraction of sp³-hybridized carbons (Fsp3) is 0.900. The van der Waals surface area contributed by atoms with Crippen LogP contribution in [-0.2, 0) is 9.53 Å². The Kier molecular flexibility index (Phi) is 5.45. The van der Waals surface area contributed by atoms with E-state index in [1.54, 1.807) is 6.92 Å². The zero-order valence-corrected chi connectivity index (χ0v) is 10.2. The van der Waals surface area contributed by atoms with Crippen LogP contribution in [0.2, 0.25) is 0 Å². The smallest absolute Gasteiger partial charge is 0.280 e. The largest absolute Gasteiger partial charge is 0.394 e. The van der Waals surface area contributed by atoms with Crippen LogP contribution >= 0.6 is 0 Å². The number of carbonyl (C=O) groups excluding carboxylic acids is 1. The van der Waals surface area contributed by atoms with Gasteiger partial charge in [-0.15, -0.1) is 0 Å². The minimum atomic E-state index is -1.49. The Morgan fingerprint density at radius 3 is 2.44 bits per heavy atom.